The SMILES string of the molecule is COc1ccc(CN(Cc2ccc(OC)cc2OC)S(=O)(=O)c2cnc[nH]2)c(OC)c1. The number of hydrogen-bond donors (Lipinski definition) is 1. The van der Waals surface area contributed by atoms with Crippen molar-refractivity contribution in [3.05, 3.63) is 60.0 Å². The first-order valence-electron chi connectivity index (χ1n) is 9.33. The van der Waals surface area contributed by atoms with Crippen molar-refractivity contribution in [3.63, 3.8) is 0 Å². The van der Waals surface area contributed by atoms with E-state index in [4.69, 9.17) is 18.9 Å². The summed E-state index contributed by atoms with van der Waals surface area (Å²) in [6, 6.07) is 10.5. The van der Waals surface area contributed by atoms with Crippen molar-refractivity contribution in [2.45, 2.75) is 18.1 Å². The number of sulfonamides is 1. The molecule has 0 atom stereocenters. The average molecular weight is 448 g/mol. The number of aromatic nitrogens is 2. The van der Waals surface area contributed by atoms with Crippen LogP contribution in [0.3, 0.4) is 0 Å². The van der Waals surface area contributed by atoms with E-state index < -0.39 is 10.0 Å². The van der Waals surface area contributed by atoms with Gasteiger partial charge in [0.2, 0.25) is 0 Å². The standard InChI is InChI=1S/C21H25N3O6S/c1-27-17-7-5-15(19(9-17)29-3)12-24(31(25,26)21-11-22-14-23-21)13-16-6-8-18(28-2)10-20(16)30-4/h5-11,14H,12-13H2,1-4H3,(H,22,23). The molecule has 0 radical (unpaired) electrons. The first-order chi connectivity index (χ1) is 14.9. The first kappa shape index (κ1) is 22.4. The van der Waals surface area contributed by atoms with E-state index in [1.54, 1.807) is 50.6 Å². The molecule has 0 fully saturated rings. The van der Waals surface area contributed by atoms with Gasteiger partial charge in [0.1, 0.15) is 23.0 Å². The Labute approximate surface area is 181 Å². The minimum atomic E-state index is -3.89. The molecule has 0 spiro atoms. The number of nitrogens with zero attached hydrogens (tertiary/aromatic N) is 2. The molecule has 0 aliphatic carbocycles. The van der Waals surface area contributed by atoms with Crippen LogP contribution < -0.4 is 18.9 Å². The fraction of sp³-hybridized carbons (Fsp3) is 0.286. The third-order valence-electron chi connectivity index (χ3n) is 4.77. The Morgan fingerprint density at radius 2 is 1.35 bits per heavy atom. The summed E-state index contributed by atoms with van der Waals surface area (Å²) < 4.78 is 49.5. The summed E-state index contributed by atoms with van der Waals surface area (Å²) in [5, 5.41) is -0.00698. The molecule has 0 unspecified atom stereocenters. The summed E-state index contributed by atoms with van der Waals surface area (Å²) in [7, 11) is 2.27. The molecule has 0 saturated carbocycles. The smallest absolute Gasteiger partial charge is 0.260 e. The van der Waals surface area contributed by atoms with Gasteiger partial charge in [-0.1, -0.05) is 12.1 Å². The van der Waals surface area contributed by atoms with Crippen LogP contribution in [0.2, 0.25) is 0 Å². The highest BCUT2D eigenvalue weighted by Crippen LogP contribution is 2.31. The zero-order valence-corrected chi connectivity index (χ0v) is 18.6. The van der Waals surface area contributed by atoms with E-state index in [1.165, 1.54) is 31.0 Å². The number of aromatic amines is 1. The Morgan fingerprint density at radius 1 is 0.839 bits per heavy atom. The Morgan fingerprint density at radius 3 is 1.74 bits per heavy atom. The van der Waals surface area contributed by atoms with Crippen LogP contribution in [-0.2, 0) is 23.1 Å². The van der Waals surface area contributed by atoms with Crippen LogP contribution in [0, 0.1) is 0 Å². The second-order valence-electron chi connectivity index (χ2n) is 6.54. The number of imidazole rings is 1. The maximum Gasteiger partial charge on any atom is 0.260 e. The number of ether oxygens (including phenoxy) is 4. The van der Waals surface area contributed by atoms with Crippen molar-refractivity contribution >= 4 is 10.0 Å². The van der Waals surface area contributed by atoms with Crippen molar-refractivity contribution in [1.82, 2.24) is 14.3 Å². The highest BCUT2D eigenvalue weighted by molar-refractivity contribution is 7.89. The van der Waals surface area contributed by atoms with Gasteiger partial charge in [-0.15, -0.1) is 0 Å². The molecular formula is C21H25N3O6S. The fourth-order valence-electron chi connectivity index (χ4n) is 3.09. The summed E-state index contributed by atoms with van der Waals surface area (Å²) in [5.41, 5.74) is 1.36. The van der Waals surface area contributed by atoms with Gasteiger partial charge in [-0.3, -0.25) is 0 Å². The van der Waals surface area contributed by atoms with Crippen molar-refractivity contribution < 1.29 is 27.4 Å². The van der Waals surface area contributed by atoms with Crippen molar-refractivity contribution in [1.29, 1.82) is 0 Å². The van der Waals surface area contributed by atoms with E-state index in [9.17, 15) is 8.42 Å². The van der Waals surface area contributed by atoms with E-state index >= 15 is 0 Å². The molecule has 3 rings (SSSR count). The number of hydrogen-bond acceptors (Lipinski definition) is 7. The molecule has 3 aromatic rings. The maximum atomic E-state index is 13.4. The maximum absolute atomic E-state index is 13.4. The van der Waals surface area contributed by atoms with Gasteiger partial charge in [0.05, 0.1) is 41.0 Å². The number of H-pyrrole nitrogens is 1. The number of methoxy groups -OCH3 is 4. The monoisotopic (exact) mass is 447 g/mol. The third kappa shape index (κ3) is 4.92. The Kier molecular flexibility index (Phi) is 7.03. The van der Waals surface area contributed by atoms with Gasteiger partial charge in [-0.25, -0.2) is 13.4 Å². The molecular weight excluding hydrogens is 422 g/mol. The largest absolute Gasteiger partial charge is 0.497 e. The van der Waals surface area contributed by atoms with Gasteiger partial charge in [-0.05, 0) is 12.1 Å². The molecule has 166 valence electrons. The van der Waals surface area contributed by atoms with Crippen molar-refractivity contribution in [2.24, 2.45) is 0 Å². The van der Waals surface area contributed by atoms with E-state index in [-0.39, 0.29) is 18.1 Å². The summed E-state index contributed by atoms with van der Waals surface area (Å²) in [5.74, 6) is 2.26. The lowest BCUT2D eigenvalue weighted by atomic mass is 10.1. The highest BCUT2D eigenvalue weighted by atomic mass is 32.2. The second-order valence-corrected chi connectivity index (χ2v) is 8.45. The topological polar surface area (TPSA) is 103 Å². The molecule has 0 saturated heterocycles. The van der Waals surface area contributed by atoms with Crippen molar-refractivity contribution in [3.8, 4) is 23.0 Å². The Bertz CT molecular complexity index is 1060. The molecule has 0 amide bonds. The van der Waals surface area contributed by atoms with Gasteiger partial charge in [0.15, 0.2) is 5.03 Å². The molecule has 0 aliphatic heterocycles. The van der Waals surface area contributed by atoms with Crippen molar-refractivity contribution in [2.75, 3.05) is 28.4 Å². The van der Waals surface area contributed by atoms with Gasteiger partial charge in [-0.2, -0.15) is 4.31 Å². The minimum Gasteiger partial charge on any atom is -0.497 e. The van der Waals surface area contributed by atoms with E-state index in [0.29, 0.717) is 34.1 Å². The van der Waals surface area contributed by atoms with Crippen LogP contribution >= 0.6 is 0 Å². The molecule has 1 heterocycles. The predicted molar refractivity (Wildman–Crippen MR) is 114 cm³/mol. The predicted octanol–water partition coefficient (Wildman–Crippen LogP) is 2.84. The minimum absolute atomic E-state index is 0.00698. The molecule has 9 nitrogen and oxygen atoms in total. The summed E-state index contributed by atoms with van der Waals surface area (Å²) in [6.45, 7) is 0.118. The first-order valence-corrected chi connectivity index (χ1v) is 10.8. The third-order valence-corrected chi connectivity index (χ3v) is 6.49. The molecule has 1 aromatic heterocycles. The van der Waals surface area contributed by atoms with Gasteiger partial charge >= 0.3 is 0 Å². The zero-order chi connectivity index (χ0) is 22.4. The second kappa shape index (κ2) is 9.71. The number of nitrogens with one attached hydrogen (secondary N) is 1. The molecule has 2 aromatic carbocycles. The Balaban J connectivity index is 2.03. The van der Waals surface area contributed by atoms with Gasteiger partial charge in [0.25, 0.3) is 10.0 Å². The average Bonchev–Trinajstić information content (AvgIpc) is 3.34. The van der Waals surface area contributed by atoms with Crippen LogP contribution in [-0.4, -0.2) is 51.1 Å². The summed E-state index contributed by atoms with van der Waals surface area (Å²) in [6.07, 6.45) is 2.60. The van der Waals surface area contributed by atoms with Gasteiger partial charge in [0, 0.05) is 36.3 Å². The zero-order valence-electron chi connectivity index (χ0n) is 17.8. The lowest BCUT2D eigenvalue weighted by Crippen LogP contribution is -2.31. The Hall–Kier alpha value is -3.24. The number of benzene rings is 2. The molecule has 0 bridgehead atoms. The molecule has 1 N–H and O–H groups in total. The summed E-state index contributed by atoms with van der Waals surface area (Å²) >= 11 is 0. The fourth-order valence-corrected chi connectivity index (χ4v) is 4.39. The van der Waals surface area contributed by atoms with Crippen LogP contribution in [0.5, 0.6) is 23.0 Å². The molecule has 10 heteroatoms. The molecule has 31 heavy (non-hydrogen) atoms. The van der Waals surface area contributed by atoms with E-state index in [0.717, 1.165) is 0 Å². The normalized spacial score (nSPS) is 11.4. The van der Waals surface area contributed by atoms with E-state index in [1.807, 2.05) is 0 Å². The van der Waals surface area contributed by atoms with Crippen LogP contribution in [0.25, 0.3) is 0 Å². The summed E-state index contributed by atoms with van der Waals surface area (Å²) in [4.78, 5) is 6.53. The highest BCUT2D eigenvalue weighted by Gasteiger charge is 2.28. The lowest BCUT2D eigenvalue weighted by Gasteiger charge is -2.24. The van der Waals surface area contributed by atoms with Crippen LogP contribution in [0.4, 0.5) is 0 Å². The quantitative estimate of drug-likeness (QED) is 0.510. The van der Waals surface area contributed by atoms with Crippen LogP contribution in [0.1, 0.15) is 11.1 Å². The van der Waals surface area contributed by atoms with Crippen LogP contribution in [0.15, 0.2) is 53.9 Å². The number of rotatable bonds is 10. The van der Waals surface area contributed by atoms with Gasteiger partial charge < -0.3 is 23.9 Å². The van der Waals surface area contributed by atoms with E-state index in [2.05, 4.69) is 9.97 Å². The molecule has 0 aliphatic rings. The lowest BCUT2D eigenvalue weighted by molar-refractivity contribution is 0.357.